The van der Waals surface area contributed by atoms with Crippen LogP contribution in [0.15, 0.2) is 15.8 Å². The van der Waals surface area contributed by atoms with Crippen LogP contribution in [-0.2, 0) is 23.4 Å². The van der Waals surface area contributed by atoms with Crippen LogP contribution in [-0.4, -0.2) is 77.5 Å². The Morgan fingerprint density at radius 2 is 1.97 bits per heavy atom. The van der Waals surface area contributed by atoms with Crippen LogP contribution in [0.3, 0.4) is 0 Å². The number of alkyl halides is 1. The van der Waals surface area contributed by atoms with Gasteiger partial charge in [0.15, 0.2) is 0 Å². The van der Waals surface area contributed by atoms with Gasteiger partial charge < -0.3 is 19.3 Å². The van der Waals surface area contributed by atoms with E-state index in [1.165, 1.54) is 32.8 Å². The number of rotatable bonds is 10. The minimum absolute atomic E-state index is 0.204. The Hall–Kier alpha value is -1.89. The Balaban J connectivity index is 0.000000675. The number of aryl methyl sites for hydroxylation is 1. The van der Waals surface area contributed by atoms with Gasteiger partial charge in [-0.1, -0.05) is 20.8 Å². The monoisotopic (exact) mass is 496 g/mol. The van der Waals surface area contributed by atoms with Crippen molar-refractivity contribution in [3.8, 4) is 0 Å². The third-order valence-electron chi connectivity index (χ3n) is 5.02. The number of ether oxygens (including phenoxy) is 2. The van der Waals surface area contributed by atoms with Gasteiger partial charge in [0.1, 0.15) is 25.0 Å². The number of hydrogen-bond donors (Lipinski definition) is 3. The normalized spacial score (nSPS) is 21.9. The highest BCUT2D eigenvalue weighted by molar-refractivity contribution is 7.50. The summed E-state index contributed by atoms with van der Waals surface area (Å²) < 4.78 is 41.3. The van der Waals surface area contributed by atoms with Crippen LogP contribution in [0.1, 0.15) is 39.0 Å². The third kappa shape index (κ3) is 9.48. The molecule has 0 radical (unpaired) electrons. The molecule has 12 nitrogen and oxygen atoms in total. The topological polar surface area (TPSA) is 152 Å². The van der Waals surface area contributed by atoms with E-state index in [-0.39, 0.29) is 12.0 Å². The maximum Gasteiger partial charge on any atom is 0.403 e. The van der Waals surface area contributed by atoms with Crippen LogP contribution >= 0.6 is 7.75 Å². The lowest BCUT2D eigenvalue weighted by Crippen LogP contribution is -2.33. The lowest BCUT2D eigenvalue weighted by molar-refractivity contribution is -0.139. The summed E-state index contributed by atoms with van der Waals surface area (Å²) in [6.07, 6.45) is -2.73. The molecule has 1 aliphatic heterocycles. The molecule has 14 heteroatoms. The van der Waals surface area contributed by atoms with Gasteiger partial charge in [0.05, 0.1) is 13.7 Å². The van der Waals surface area contributed by atoms with Gasteiger partial charge in [-0.05, 0) is 26.6 Å². The Labute approximate surface area is 191 Å². The van der Waals surface area contributed by atoms with Gasteiger partial charge in [-0.15, -0.1) is 0 Å². The summed E-state index contributed by atoms with van der Waals surface area (Å²) in [4.78, 5) is 48.1. The predicted molar refractivity (Wildman–Crippen MR) is 119 cm³/mol. The predicted octanol–water partition coefficient (Wildman–Crippen LogP) is 0.698. The number of carbonyl (C=O) groups excluding carboxylic acids is 1. The van der Waals surface area contributed by atoms with Gasteiger partial charge in [-0.25, -0.2) is 18.8 Å². The molecule has 0 saturated carbocycles. The SMILES string of the molecule is CCN(CC)CC.COC(=O)CNP(=O)(O)OC[C@H]1O[C@@H](n2cc(C)c(=O)[nH]c2=O)C[C@@H]1F. The lowest BCUT2D eigenvalue weighted by atomic mass is 10.2. The van der Waals surface area contributed by atoms with Crippen molar-refractivity contribution in [3.63, 3.8) is 0 Å². The number of carbonyl (C=O) groups is 1. The first-order valence-electron chi connectivity index (χ1n) is 10.6. The van der Waals surface area contributed by atoms with Crippen molar-refractivity contribution < 1.29 is 32.6 Å². The molecule has 190 valence electrons. The second-order valence-corrected chi connectivity index (χ2v) is 8.82. The van der Waals surface area contributed by atoms with Crippen molar-refractivity contribution in [1.29, 1.82) is 0 Å². The maximum atomic E-state index is 14.1. The van der Waals surface area contributed by atoms with Gasteiger partial charge >= 0.3 is 19.4 Å². The molecule has 33 heavy (non-hydrogen) atoms. The number of hydrogen-bond acceptors (Lipinski definition) is 8. The zero-order chi connectivity index (χ0) is 25.2. The molecule has 1 aromatic heterocycles. The number of H-pyrrole nitrogens is 1. The summed E-state index contributed by atoms with van der Waals surface area (Å²) >= 11 is 0. The first-order chi connectivity index (χ1) is 15.5. The summed E-state index contributed by atoms with van der Waals surface area (Å²) in [6, 6.07) is 0. The molecule has 0 spiro atoms. The zero-order valence-corrected chi connectivity index (χ0v) is 20.5. The molecule has 0 aliphatic carbocycles. The molecule has 1 aliphatic rings. The van der Waals surface area contributed by atoms with Crippen molar-refractivity contribution in [2.45, 2.75) is 52.6 Å². The smallest absolute Gasteiger partial charge is 0.403 e. The summed E-state index contributed by atoms with van der Waals surface area (Å²) in [7, 11) is -3.26. The van der Waals surface area contributed by atoms with E-state index in [1.54, 1.807) is 0 Å². The number of esters is 1. The second kappa shape index (κ2) is 13.7. The molecular weight excluding hydrogens is 462 g/mol. The van der Waals surface area contributed by atoms with Gasteiger partial charge in [0, 0.05) is 18.2 Å². The fourth-order valence-electron chi connectivity index (χ4n) is 2.94. The highest BCUT2D eigenvalue weighted by atomic mass is 31.2. The standard InChI is InChI=1S/C13H19FN3O8P.C6H15N/c1-7-5-17(13(20)16-12(7)19)10-3-8(14)9(25-10)6-24-26(21,22)15-4-11(18)23-2;1-4-7(5-2)6-3/h5,8-10H,3-4,6H2,1-2H3,(H2,15,21,22)(H,16,19,20);4-6H2,1-3H3/t8-,9+,10+;/m0./s1. The largest absolute Gasteiger partial charge is 0.468 e. The lowest BCUT2D eigenvalue weighted by Gasteiger charge is -2.18. The maximum absolute atomic E-state index is 14.1. The number of methoxy groups -OCH3 is 1. The molecule has 1 aromatic rings. The molecule has 3 N–H and O–H groups in total. The number of aromatic amines is 1. The van der Waals surface area contributed by atoms with Crippen LogP contribution in [0.4, 0.5) is 4.39 Å². The van der Waals surface area contributed by atoms with Crippen molar-refractivity contribution in [2.75, 3.05) is 39.9 Å². The van der Waals surface area contributed by atoms with E-state index < -0.39 is 56.6 Å². The number of nitrogens with one attached hydrogen (secondary N) is 2. The Morgan fingerprint density at radius 1 is 1.36 bits per heavy atom. The molecule has 0 bridgehead atoms. The highest BCUT2D eigenvalue weighted by Gasteiger charge is 2.38. The van der Waals surface area contributed by atoms with E-state index in [4.69, 9.17) is 9.26 Å². The van der Waals surface area contributed by atoms with Crippen LogP contribution in [0.5, 0.6) is 0 Å². The molecule has 1 unspecified atom stereocenters. The average molecular weight is 496 g/mol. The highest BCUT2D eigenvalue weighted by Crippen LogP contribution is 2.39. The Bertz CT molecular complexity index is 914. The Morgan fingerprint density at radius 3 is 2.48 bits per heavy atom. The summed E-state index contributed by atoms with van der Waals surface area (Å²) in [5.74, 6) is -0.781. The fraction of sp³-hybridized carbons (Fsp3) is 0.737. The van der Waals surface area contributed by atoms with E-state index in [1.807, 2.05) is 5.09 Å². The third-order valence-corrected chi connectivity index (χ3v) is 6.08. The van der Waals surface area contributed by atoms with Gasteiger partial charge in [0.2, 0.25) is 0 Å². The van der Waals surface area contributed by atoms with Crippen molar-refractivity contribution in [3.05, 3.63) is 32.6 Å². The van der Waals surface area contributed by atoms with E-state index in [0.717, 1.165) is 11.7 Å². The van der Waals surface area contributed by atoms with E-state index in [2.05, 4.69) is 35.4 Å². The molecule has 2 heterocycles. The van der Waals surface area contributed by atoms with Crippen molar-refractivity contribution >= 4 is 13.7 Å². The van der Waals surface area contributed by atoms with E-state index >= 15 is 0 Å². The van der Waals surface area contributed by atoms with Gasteiger partial charge in [-0.3, -0.25) is 23.7 Å². The number of halogens is 1. The van der Waals surface area contributed by atoms with Crippen LogP contribution in [0.25, 0.3) is 0 Å². The minimum atomic E-state index is -4.37. The quantitative estimate of drug-likeness (QED) is 0.312. The first kappa shape index (κ1) is 29.1. The van der Waals surface area contributed by atoms with Gasteiger partial charge in [-0.2, -0.15) is 0 Å². The second-order valence-electron chi connectivity index (χ2n) is 7.21. The number of aromatic nitrogens is 2. The van der Waals surface area contributed by atoms with Crippen molar-refractivity contribution in [1.82, 2.24) is 19.5 Å². The summed E-state index contributed by atoms with van der Waals surface area (Å²) in [5.41, 5.74) is -1.07. The fourth-order valence-corrected chi connectivity index (χ4v) is 3.71. The molecule has 0 aromatic carbocycles. The molecular formula is C19H34FN4O8P. The van der Waals surface area contributed by atoms with Crippen LogP contribution < -0.4 is 16.3 Å². The average Bonchev–Trinajstić information content (AvgIpc) is 3.15. The molecule has 0 amide bonds. The zero-order valence-electron chi connectivity index (χ0n) is 19.6. The van der Waals surface area contributed by atoms with E-state index in [9.17, 15) is 28.2 Å². The molecule has 1 fully saturated rings. The molecule has 2 rings (SSSR count). The van der Waals surface area contributed by atoms with Crippen LogP contribution in [0, 0.1) is 6.92 Å². The van der Waals surface area contributed by atoms with Gasteiger partial charge in [0.25, 0.3) is 5.56 Å². The van der Waals surface area contributed by atoms with Crippen LogP contribution in [0.2, 0.25) is 0 Å². The number of nitrogens with zero attached hydrogens (tertiary/aromatic N) is 2. The van der Waals surface area contributed by atoms with Crippen molar-refractivity contribution in [2.24, 2.45) is 0 Å². The summed E-state index contributed by atoms with van der Waals surface area (Å²) in [6.45, 7) is 10.5. The molecule has 4 atom stereocenters. The van der Waals surface area contributed by atoms with E-state index in [0.29, 0.717) is 0 Å². The molecule has 1 saturated heterocycles. The Kier molecular flexibility index (Phi) is 12.1. The summed E-state index contributed by atoms with van der Waals surface area (Å²) in [5, 5.41) is 1.96. The minimum Gasteiger partial charge on any atom is -0.468 e. The first-order valence-corrected chi connectivity index (χ1v) is 12.2.